The Morgan fingerprint density at radius 1 is 1.24 bits per heavy atom. The van der Waals surface area contributed by atoms with Gasteiger partial charge in [-0.15, -0.1) is 15.3 Å². The van der Waals surface area contributed by atoms with E-state index in [1.807, 2.05) is 0 Å². The van der Waals surface area contributed by atoms with Crippen LogP contribution in [0.25, 0.3) is 5.82 Å². The molecule has 0 saturated heterocycles. The Morgan fingerprint density at radius 2 is 1.95 bits per heavy atom. The largest absolute Gasteiger partial charge is 0.388 e. The first-order valence-electron chi connectivity index (χ1n) is 6.06. The Bertz CT molecular complexity index is 628. The number of nitrogens with zero attached hydrogens (tertiary/aromatic N) is 5. The van der Waals surface area contributed by atoms with Crippen molar-refractivity contribution in [1.82, 2.24) is 25.0 Å². The van der Waals surface area contributed by atoms with Gasteiger partial charge in [-0.2, -0.15) is 9.67 Å². The minimum atomic E-state index is -2.89. The average Bonchev–Trinajstić information content (AvgIpc) is 2.88. The van der Waals surface area contributed by atoms with Crippen LogP contribution in [0.3, 0.4) is 0 Å². The normalized spacial score (nSPS) is 11.6. The second-order valence-electron chi connectivity index (χ2n) is 3.56. The summed E-state index contributed by atoms with van der Waals surface area (Å²) in [5, 5.41) is 12.0. The van der Waals surface area contributed by atoms with Gasteiger partial charge in [0.25, 0.3) is 0 Å². The molecule has 0 bridgehead atoms. The number of rotatable bonds is 7. The maximum atomic E-state index is 5.67. The molecule has 0 radical (unpaired) electrons. The fraction of sp³-hybridized carbons (Fsp3) is 0.400. The summed E-state index contributed by atoms with van der Waals surface area (Å²) in [6, 6.07) is 3.29. The lowest BCUT2D eigenvalue weighted by atomic mass is 10.5. The third kappa shape index (κ3) is 4.42. The Balaban J connectivity index is 2.15. The van der Waals surface area contributed by atoms with Crippen molar-refractivity contribution in [2.24, 2.45) is 0 Å². The van der Waals surface area contributed by atoms with Crippen molar-refractivity contribution in [3.63, 3.8) is 0 Å². The fourth-order valence-electron chi connectivity index (χ4n) is 1.34. The molecule has 21 heavy (non-hydrogen) atoms. The van der Waals surface area contributed by atoms with Crippen LogP contribution >= 0.6 is 18.3 Å². The van der Waals surface area contributed by atoms with E-state index < -0.39 is 6.72 Å². The molecule has 0 aliphatic rings. The van der Waals surface area contributed by atoms with Crippen LogP contribution in [0.2, 0.25) is 5.15 Å². The molecule has 0 saturated carbocycles. The van der Waals surface area contributed by atoms with Gasteiger partial charge >= 0.3 is 12.7 Å². The van der Waals surface area contributed by atoms with Gasteiger partial charge in [0.2, 0.25) is 0 Å². The molecule has 0 N–H and O–H groups in total. The van der Waals surface area contributed by atoms with Gasteiger partial charge in [-0.3, -0.25) is 9.05 Å². The van der Waals surface area contributed by atoms with Gasteiger partial charge in [-0.05, 0) is 26.0 Å². The summed E-state index contributed by atoms with van der Waals surface area (Å²) in [5.74, 6) is 0.447. The van der Waals surface area contributed by atoms with Gasteiger partial charge in [0, 0.05) is 11.8 Å². The SMILES string of the molecule is CCOP(=S)(OCC)Oc1ncn(-c2ccc(Cl)nn2)n1. The molecule has 0 fully saturated rings. The van der Waals surface area contributed by atoms with Crippen LogP contribution in [0.1, 0.15) is 13.8 Å². The number of hydrogen-bond donors (Lipinski definition) is 0. The maximum Gasteiger partial charge on any atom is 0.382 e. The van der Waals surface area contributed by atoms with Crippen molar-refractivity contribution >= 4 is 30.1 Å². The molecule has 0 amide bonds. The van der Waals surface area contributed by atoms with Crippen molar-refractivity contribution in [1.29, 1.82) is 0 Å². The minimum Gasteiger partial charge on any atom is -0.388 e. The highest BCUT2D eigenvalue weighted by molar-refractivity contribution is 8.07. The Morgan fingerprint density at radius 3 is 2.52 bits per heavy atom. The summed E-state index contributed by atoms with van der Waals surface area (Å²) in [5.41, 5.74) is 0. The van der Waals surface area contributed by atoms with E-state index in [4.69, 9.17) is 37.0 Å². The third-order valence-electron chi connectivity index (χ3n) is 2.09. The fourth-order valence-corrected chi connectivity index (χ4v) is 3.37. The first-order chi connectivity index (χ1) is 10.1. The highest BCUT2D eigenvalue weighted by atomic mass is 35.5. The number of aromatic nitrogens is 5. The van der Waals surface area contributed by atoms with Crippen molar-refractivity contribution in [3.05, 3.63) is 23.6 Å². The first-order valence-corrected chi connectivity index (χ1v) is 8.99. The molecule has 8 nitrogen and oxygen atoms in total. The summed E-state index contributed by atoms with van der Waals surface area (Å²) in [6.07, 6.45) is 1.42. The van der Waals surface area contributed by atoms with Gasteiger partial charge in [0.1, 0.15) is 6.33 Å². The monoisotopic (exact) mass is 349 g/mol. The van der Waals surface area contributed by atoms with Crippen LogP contribution in [0, 0.1) is 0 Å². The molecule has 0 atom stereocenters. The minimum absolute atomic E-state index is 0.0528. The van der Waals surface area contributed by atoms with Crippen LogP contribution in [0.5, 0.6) is 6.01 Å². The Kier molecular flexibility index (Phi) is 5.60. The van der Waals surface area contributed by atoms with Crippen LogP contribution in [0.15, 0.2) is 18.5 Å². The molecule has 0 aliphatic heterocycles. The zero-order valence-corrected chi connectivity index (χ0v) is 13.8. The standard InChI is InChI=1S/C10H13ClN5O3PS/c1-3-17-20(21,18-4-2)19-10-12-7-16(15-10)9-6-5-8(11)13-14-9/h5-7H,3-4H2,1-2H3. The number of hydrogen-bond acceptors (Lipinski definition) is 8. The quantitative estimate of drug-likeness (QED) is 0.704. The summed E-state index contributed by atoms with van der Waals surface area (Å²) >= 11 is 10.9. The zero-order valence-electron chi connectivity index (χ0n) is 11.3. The van der Waals surface area contributed by atoms with E-state index in [1.54, 1.807) is 26.0 Å². The molecule has 0 aliphatic carbocycles. The molecule has 11 heteroatoms. The average molecular weight is 350 g/mol. The zero-order chi connectivity index (χ0) is 15.3. The van der Waals surface area contributed by atoms with Crippen LogP contribution in [-0.4, -0.2) is 38.2 Å². The van der Waals surface area contributed by atoms with Crippen molar-refractivity contribution in [2.75, 3.05) is 13.2 Å². The predicted octanol–water partition coefficient (Wildman–Crippen LogP) is 2.39. The van der Waals surface area contributed by atoms with Gasteiger partial charge in [0.15, 0.2) is 11.0 Å². The second kappa shape index (κ2) is 7.24. The van der Waals surface area contributed by atoms with Gasteiger partial charge in [0.05, 0.1) is 13.2 Å². The molecule has 2 rings (SSSR count). The highest BCUT2D eigenvalue weighted by Gasteiger charge is 2.23. The van der Waals surface area contributed by atoms with Crippen LogP contribution in [-0.2, 0) is 20.9 Å². The third-order valence-corrected chi connectivity index (χ3v) is 4.68. The van der Waals surface area contributed by atoms with E-state index in [-0.39, 0.29) is 6.01 Å². The predicted molar refractivity (Wildman–Crippen MR) is 80.1 cm³/mol. The summed E-state index contributed by atoms with van der Waals surface area (Å²) < 4.78 is 17.6. The van der Waals surface area contributed by atoms with E-state index >= 15 is 0 Å². The van der Waals surface area contributed by atoms with E-state index in [1.165, 1.54) is 11.0 Å². The lowest BCUT2D eigenvalue weighted by molar-refractivity contribution is 0.214. The molecule has 2 heterocycles. The molecule has 2 aromatic rings. The van der Waals surface area contributed by atoms with Crippen LogP contribution in [0.4, 0.5) is 0 Å². The van der Waals surface area contributed by atoms with E-state index in [0.717, 1.165) is 0 Å². The smallest absolute Gasteiger partial charge is 0.382 e. The van der Waals surface area contributed by atoms with Gasteiger partial charge in [-0.25, -0.2) is 0 Å². The van der Waals surface area contributed by atoms with E-state index in [9.17, 15) is 0 Å². The lowest BCUT2D eigenvalue weighted by Gasteiger charge is -2.18. The molecule has 0 aromatic carbocycles. The maximum absolute atomic E-state index is 5.67. The molecule has 2 aromatic heterocycles. The van der Waals surface area contributed by atoms with E-state index in [0.29, 0.717) is 24.2 Å². The van der Waals surface area contributed by atoms with Crippen LogP contribution < -0.4 is 4.52 Å². The Hall–Kier alpha value is -1.12. The van der Waals surface area contributed by atoms with Crippen molar-refractivity contribution in [2.45, 2.75) is 13.8 Å². The molecule has 0 unspecified atom stereocenters. The Labute approximate surface area is 131 Å². The molecule has 114 valence electrons. The van der Waals surface area contributed by atoms with Crippen molar-refractivity contribution < 1.29 is 13.6 Å². The van der Waals surface area contributed by atoms with Gasteiger partial charge in [-0.1, -0.05) is 11.6 Å². The first kappa shape index (κ1) is 16.3. The summed E-state index contributed by atoms with van der Waals surface area (Å²) in [7, 11) is 0. The topological polar surface area (TPSA) is 84.2 Å². The van der Waals surface area contributed by atoms with Gasteiger partial charge < -0.3 is 4.52 Å². The molecule has 0 spiro atoms. The number of halogens is 1. The highest BCUT2D eigenvalue weighted by Crippen LogP contribution is 2.48. The molecular formula is C10H13ClN5O3PS. The van der Waals surface area contributed by atoms with E-state index in [2.05, 4.69) is 20.3 Å². The van der Waals surface area contributed by atoms with Crippen molar-refractivity contribution in [3.8, 4) is 11.8 Å². The second-order valence-corrected chi connectivity index (χ2v) is 6.88. The lowest BCUT2D eigenvalue weighted by Crippen LogP contribution is -2.04. The summed E-state index contributed by atoms with van der Waals surface area (Å²) in [6.45, 7) is 1.47. The summed E-state index contributed by atoms with van der Waals surface area (Å²) in [4.78, 5) is 3.99. The molecular weight excluding hydrogens is 337 g/mol.